The first kappa shape index (κ1) is 18.9. The van der Waals surface area contributed by atoms with Crippen LogP contribution in [0.5, 0.6) is 0 Å². The normalized spacial score (nSPS) is 51.7. The van der Waals surface area contributed by atoms with Gasteiger partial charge in [0.05, 0.1) is 19.3 Å². The van der Waals surface area contributed by atoms with Gasteiger partial charge in [-0.3, -0.25) is 0 Å². The smallest absolute Gasteiger partial charge is 0.187 e. The topological polar surface area (TPSA) is 169 Å². The molecule has 0 aliphatic carbocycles. The van der Waals surface area contributed by atoms with Crippen molar-refractivity contribution in [2.24, 2.45) is 0 Å². The van der Waals surface area contributed by atoms with E-state index in [2.05, 4.69) is 0 Å². The summed E-state index contributed by atoms with van der Waals surface area (Å²) in [6, 6.07) is 0. The lowest BCUT2D eigenvalue weighted by atomic mass is 9.95. The lowest BCUT2D eigenvalue weighted by Gasteiger charge is -2.45. The first-order chi connectivity index (χ1) is 10.8. The van der Waals surface area contributed by atoms with Gasteiger partial charge in [-0.05, 0) is 6.92 Å². The SMILES string of the molecule is C[C@@H]1OC(CO)[C@@H](O[C@@H]2OC(CO)[C@H](O)[C@H](O)C2O)C(O)C1O. The fourth-order valence-electron chi connectivity index (χ4n) is 2.78. The van der Waals surface area contributed by atoms with Crippen LogP contribution in [0.15, 0.2) is 0 Å². The number of ether oxygens (including phenoxy) is 3. The highest BCUT2D eigenvalue weighted by atomic mass is 16.7. The van der Waals surface area contributed by atoms with Crippen LogP contribution in [-0.2, 0) is 14.2 Å². The summed E-state index contributed by atoms with van der Waals surface area (Å²) in [6.45, 7) is 0.369. The number of hydrogen-bond acceptors (Lipinski definition) is 10. The van der Waals surface area contributed by atoms with Gasteiger partial charge in [-0.2, -0.15) is 0 Å². The van der Waals surface area contributed by atoms with Gasteiger partial charge in [-0.15, -0.1) is 0 Å². The first-order valence-corrected chi connectivity index (χ1v) is 7.40. The zero-order valence-corrected chi connectivity index (χ0v) is 12.5. The Kier molecular flexibility index (Phi) is 6.30. The molecular weight excluding hydrogens is 316 g/mol. The molecule has 136 valence electrons. The van der Waals surface area contributed by atoms with Gasteiger partial charge in [0.2, 0.25) is 0 Å². The second kappa shape index (κ2) is 7.66. The van der Waals surface area contributed by atoms with Crippen molar-refractivity contribution in [1.82, 2.24) is 0 Å². The van der Waals surface area contributed by atoms with Gasteiger partial charge in [0, 0.05) is 0 Å². The summed E-state index contributed by atoms with van der Waals surface area (Å²) in [5, 5.41) is 67.8. The fourth-order valence-corrected chi connectivity index (χ4v) is 2.78. The van der Waals surface area contributed by atoms with Crippen LogP contribution in [-0.4, -0.2) is 110 Å². The summed E-state index contributed by atoms with van der Waals surface area (Å²) in [7, 11) is 0. The Labute approximate surface area is 132 Å². The average Bonchev–Trinajstić information content (AvgIpc) is 2.55. The first-order valence-electron chi connectivity index (χ1n) is 7.40. The zero-order chi connectivity index (χ0) is 17.3. The largest absolute Gasteiger partial charge is 0.394 e. The highest BCUT2D eigenvalue weighted by Crippen LogP contribution is 2.28. The van der Waals surface area contributed by atoms with Crippen molar-refractivity contribution < 1.29 is 50.0 Å². The van der Waals surface area contributed by atoms with E-state index >= 15 is 0 Å². The summed E-state index contributed by atoms with van der Waals surface area (Å²) in [5.41, 5.74) is 0. The van der Waals surface area contributed by atoms with E-state index in [9.17, 15) is 30.6 Å². The van der Waals surface area contributed by atoms with E-state index in [4.69, 9.17) is 19.3 Å². The van der Waals surface area contributed by atoms with Gasteiger partial charge < -0.3 is 50.0 Å². The molecule has 2 rings (SSSR count). The minimum Gasteiger partial charge on any atom is -0.394 e. The van der Waals surface area contributed by atoms with Crippen molar-refractivity contribution in [2.45, 2.75) is 68.1 Å². The van der Waals surface area contributed by atoms with Crippen LogP contribution in [0.4, 0.5) is 0 Å². The molecule has 0 radical (unpaired) electrons. The molecule has 2 aliphatic rings. The highest BCUT2D eigenvalue weighted by Gasteiger charge is 2.49. The number of aliphatic hydroxyl groups is 7. The van der Waals surface area contributed by atoms with E-state index < -0.39 is 74.4 Å². The molecule has 5 unspecified atom stereocenters. The molecule has 0 aromatic carbocycles. The van der Waals surface area contributed by atoms with Gasteiger partial charge in [-0.25, -0.2) is 0 Å². The van der Waals surface area contributed by atoms with E-state index in [0.717, 1.165) is 0 Å². The Hall–Kier alpha value is -0.400. The molecule has 2 fully saturated rings. The van der Waals surface area contributed by atoms with Crippen LogP contribution in [0.2, 0.25) is 0 Å². The molecule has 10 atom stereocenters. The van der Waals surface area contributed by atoms with Crippen LogP contribution < -0.4 is 0 Å². The maximum Gasteiger partial charge on any atom is 0.187 e. The van der Waals surface area contributed by atoms with Gasteiger partial charge in [0.25, 0.3) is 0 Å². The quantitative estimate of drug-likeness (QED) is 0.265. The Morgan fingerprint density at radius 2 is 1.35 bits per heavy atom. The minimum atomic E-state index is -1.66. The standard InChI is InChI=1S/C13H24O10/c1-4-7(16)10(19)12(6(3-15)21-4)23-13-11(20)9(18)8(17)5(2-14)22-13/h4-20H,2-3H2,1H3/t4-,5?,6?,7?,8-,9-,10?,11?,12+,13-/m0/s1. The Bertz CT molecular complexity index is 378. The number of aliphatic hydroxyl groups excluding tert-OH is 7. The Morgan fingerprint density at radius 3 is 1.91 bits per heavy atom. The molecule has 10 nitrogen and oxygen atoms in total. The monoisotopic (exact) mass is 340 g/mol. The summed E-state index contributed by atoms with van der Waals surface area (Å²) in [6.07, 6.45) is -13.2. The van der Waals surface area contributed by atoms with Crippen molar-refractivity contribution in [2.75, 3.05) is 13.2 Å². The molecule has 0 aromatic heterocycles. The second-order valence-electron chi connectivity index (χ2n) is 5.84. The number of hydrogen-bond donors (Lipinski definition) is 7. The molecule has 10 heteroatoms. The predicted molar refractivity (Wildman–Crippen MR) is 72.1 cm³/mol. The van der Waals surface area contributed by atoms with Crippen LogP contribution in [0.1, 0.15) is 6.92 Å². The van der Waals surface area contributed by atoms with Crippen molar-refractivity contribution in [1.29, 1.82) is 0 Å². The molecular formula is C13H24O10. The average molecular weight is 340 g/mol. The molecule has 0 saturated carbocycles. The van der Waals surface area contributed by atoms with E-state index in [1.807, 2.05) is 0 Å². The van der Waals surface area contributed by atoms with E-state index in [1.165, 1.54) is 6.92 Å². The van der Waals surface area contributed by atoms with Crippen molar-refractivity contribution in [3.05, 3.63) is 0 Å². The molecule has 0 aromatic rings. The maximum atomic E-state index is 10.1. The van der Waals surface area contributed by atoms with Crippen molar-refractivity contribution >= 4 is 0 Å². The Balaban J connectivity index is 2.11. The van der Waals surface area contributed by atoms with E-state index in [-0.39, 0.29) is 0 Å². The van der Waals surface area contributed by atoms with Crippen LogP contribution in [0.3, 0.4) is 0 Å². The minimum absolute atomic E-state index is 0.518. The lowest BCUT2D eigenvalue weighted by Crippen LogP contribution is -2.64. The third-order valence-electron chi connectivity index (χ3n) is 4.24. The van der Waals surface area contributed by atoms with Crippen LogP contribution >= 0.6 is 0 Å². The van der Waals surface area contributed by atoms with Crippen molar-refractivity contribution in [3.8, 4) is 0 Å². The molecule has 0 bridgehead atoms. The molecule has 0 amide bonds. The summed E-state index contributed by atoms with van der Waals surface area (Å²) >= 11 is 0. The Morgan fingerprint density at radius 1 is 0.739 bits per heavy atom. The van der Waals surface area contributed by atoms with Gasteiger partial charge in [0.1, 0.15) is 48.8 Å². The molecule has 23 heavy (non-hydrogen) atoms. The van der Waals surface area contributed by atoms with Gasteiger partial charge in [-0.1, -0.05) is 0 Å². The molecule has 2 aliphatic heterocycles. The summed E-state index contributed by atoms with van der Waals surface area (Å²) < 4.78 is 15.9. The van der Waals surface area contributed by atoms with Gasteiger partial charge in [0.15, 0.2) is 6.29 Å². The molecule has 2 heterocycles. The third-order valence-corrected chi connectivity index (χ3v) is 4.24. The van der Waals surface area contributed by atoms with E-state index in [1.54, 1.807) is 0 Å². The highest BCUT2D eigenvalue weighted by molar-refractivity contribution is 4.94. The maximum absolute atomic E-state index is 10.1. The van der Waals surface area contributed by atoms with E-state index in [0.29, 0.717) is 0 Å². The third kappa shape index (κ3) is 3.66. The van der Waals surface area contributed by atoms with Crippen LogP contribution in [0.25, 0.3) is 0 Å². The lowest BCUT2D eigenvalue weighted by molar-refractivity contribution is -0.341. The van der Waals surface area contributed by atoms with Crippen LogP contribution in [0, 0.1) is 0 Å². The molecule has 2 saturated heterocycles. The van der Waals surface area contributed by atoms with Crippen molar-refractivity contribution in [3.63, 3.8) is 0 Å². The van der Waals surface area contributed by atoms with Gasteiger partial charge >= 0.3 is 0 Å². The fraction of sp³-hybridized carbons (Fsp3) is 1.00. The summed E-state index contributed by atoms with van der Waals surface area (Å²) in [5.74, 6) is 0. The molecule has 7 N–H and O–H groups in total. The zero-order valence-electron chi connectivity index (χ0n) is 12.5. The second-order valence-corrected chi connectivity index (χ2v) is 5.84. The summed E-state index contributed by atoms with van der Waals surface area (Å²) in [4.78, 5) is 0. The number of rotatable bonds is 4. The molecule has 0 spiro atoms. The predicted octanol–water partition coefficient (Wildman–Crippen LogP) is -4.33.